The second kappa shape index (κ2) is 4.47. The second-order valence-corrected chi connectivity index (χ2v) is 6.06. The smallest absolute Gasteiger partial charge is 0.226 e. The monoisotopic (exact) mass is 294 g/mol. The highest BCUT2D eigenvalue weighted by Crippen LogP contribution is 2.40. The van der Waals surface area contributed by atoms with Crippen molar-refractivity contribution >= 4 is 22.6 Å². The summed E-state index contributed by atoms with van der Waals surface area (Å²) >= 11 is 0. The summed E-state index contributed by atoms with van der Waals surface area (Å²) in [6, 6.07) is 6.31. The van der Waals surface area contributed by atoms with Crippen LogP contribution in [0.5, 0.6) is 0 Å². The van der Waals surface area contributed by atoms with Crippen molar-refractivity contribution in [3.8, 4) is 0 Å². The lowest BCUT2D eigenvalue weighted by atomic mass is 9.85. The number of rotatable bonds is 1. The quantitative estimate of drug-likeness (QED) is 0.644. The molecule has 1 aromatic carbocycles. The molecule has 22 heavy (non-hydrogen) atoms. The van der Waals surface area contributed by atoms with Gasteiger partial charge < -0.3 is 10.3 Å². The van der Waals surface area contributed by atoms with E-state index in [1.54, 1.807) is 0 Å². The third-order valence-electron chi connectivity index (χ3n) is 4.74. The van der Waals surface area contributed by atoms with Crippen LogP contribution in [-0.4, -0.2) is 21.1 Å². The maximum absolute atomic E-state index is 12.1. The standard InChI is InChI=1S/C17H18N4O/c1-8-9(2)18-16-11(8)5-4-6-12(16)13-7-14(22)19-17-15(13)10(3)20-21-17/h4-6,13,18H,7H2,1-3H3,(H2,19,20,21,22). The fraction of sp³-hybridized carbons (Fsp3) is 0.294. The molecule has 1 amide bonds. The molecule has 3 aromatic rings. The molecule has 0 spiro atoms. The zero-order valence-electron chi connectivity index (χ0n) is 12.9. The largest absolute Gasteiger partial charge is 0.358 e. The number of carbonyl (C=O) groups excluding carboxylic acids is 1. The molecule has 4 rings (SSSR count). The summed E-state index contributed by atoms with van der Waals surface area (Å²) in [6.07, 6.45) is 0.448. The highest BCUT2D eigenvalue weighted by Gasteiger charge is 2.31. The summed E-state index contributed by atoms with van der Waals surface area (Å²) in [4.78, 5) is 15.5. The number of fused-ring (bicyclic) bond motifs is 2. The molecule has 0 saturated heterocycles. The molecule has 1 aliphatic rings. The lowest BCUT2D eigenvalue weighted by Crippen LogP contribution is -2.23. The number of benzene rings is 1. The van der Waals surface area contributed by atoms with Gasteiger partial charge in [0, 0.05) is 40.2 Å². The van der Waals surface area contributed by atoms with Crippen LogP contribution in [0.2, 0.25) is 0 Å². The molecule has 0 saturated carbocycles. The van der Waals surface area contributed by atoms with E-state index in [2.05, 4.69) is 52.5 Å². The summed E-state index contributed by atoms with van der Waals surface area (Å²) in [5.41, 5.74) is 6.83. The molecule has 0 radical (unpaired) electrons. The normalized spacial score (nSPS) is 17.6. The molecule has 112 valence electrons. The Hall–Kier alpha value is -2.56. The van der Waals surface area contributed by atoms with Crippen LogP contribution < -0.4 is 5.32 Å². The molecule has 0 fully saturated rings. The number of para-hydroxylation sites is 1. The van der Waals surface area contributed by atoms with Crippen molar-refractivity contribution < 1.29 is 4.79 Å². The van der Waals surface area contributed by atoms with Crippen LogP contribution in [0.3, 0.4) is 0 Å². The fourth-order valence-corrected chi connectivity index (χ4v) is 3.49. The summed E-state index contributed by atoms with van der Waals surface area (Å²) in [6.45, 7) is 6.21. The Morgan fingerprint density at radius 2 is 2.00 bits per heavy atom. The Balaban J connectivity index is 1.98. The van der Waals surface area contributed by atoms with E-state index in [9.17, 15) is 4.79 Å². The summed E-state index contributed by atoms with van der Waals surface area (Å²) in [7, 11) is 0. The van der Waals surface area contributed by atoms with Crippen molar-refractivity contribution in [2.24, 2.45) is 0 Å². The maximum Gasteiger partial charge on any atom is 0.226 e. The van der Waals surface area contributed by atoms with E-state index in [4.69, 9.17) is 0 Å². The fourth-order valence-electron chi connectivity index (χ4n) is 3.49. The Kier molecular flexibility index (Phi) is 2.66. The minimum atomic E-state index is 0.0148. The number of nitrogens with zero attached hydrogens (tertiary/aromatic N) is 1. The Bertz CT molecular complexity index is 903. The van der Waals surface area contributed by atoms with Crippen LogP contribution in [0.15, 0.2) is 18.2 Å². The van der Waals surface area contributed by atoms with Crippen molar-refractivity contribution in [3.63, 3.8) is 0 Å². The Morgan fingerprint density at radius 1 is 1.18 bits per heavy atom. The predicted molar refractivity (Wildman–Crippen MR) is 86.2 cm³/mol. The lowest BCUT2D eigenvalue weighted by molar-refractivity contribution is -0.116. The zero-order valence-corrected chi connectivity index (χ0v) is 12.9. The topological polar surface area (TPSA) is 73.6 Å². The number of amides is 1. The molecule has 0 aliphatic carbocycles. The van der Waals surface area contributed by atoms with E-state index in [0.717, 1.165) is 22.3 Å². The van der Waals surface area contributed by atoms with Gasteiger partial charge in [-0.2, -0.15) is 5.10 Å². The minimum Gasteiger partial charge on any atom is -0.358 e. The molecule has 1 aliphatic heterocycles. The van der Waals surface area contributed by atoms with Gasteiger partial charge in [-0.1, -0.05) is 18.2 Å². The van der Waals surface area contributed by atoms with E-state index in [0.29, 0.717) is 12.2 Å². The molecule has 5 heteroatoms. The number of hydrogen-bond acceptors (Lipinski definition) is 2. The van der Waals surface area contributed by atoms with Gasteiger partial charge in [0.05, 0.1) is 0 Å². The number of carbonyl (C=O) groups is 1. The molecule has 0 bridgehead atoms. The van der Waals surface area contributed by atoms with Gasteiger partial charge in [0.15, 0.2) is 5.82 Å². The molecule has 5 nitrogen and oxygen atoms in total. The van der Waals surface area contributed by atoms with Crippen molar-refractivity contribution in [3.05, 3.63) is 46.3 Å². The van der Waals surface area contributed by atoms with E-state index < -0.39 is 0 Å². The molecule has 3 heterocycles. The van der Waals surface area contributed by atoms with Crippen LogP contribution in [0, 0.1) is 20.8 Å². The molecule has 1 atom stereocenters. The number of H-pyrrole nitrogens is 2. The highest BCUT2D eigenvalue weighted by molar-refractivity contribution is 5.96. The molecular weight excluding hydrogens is 276 g/mol. The number of aromatic nitrogens is 3. The first-order valence-electron chi connectivity index (χ1n) is 7.48. The minimum absolute atomic E-state index is 0.0148. The van der Waals surface area contributed by atoms with Gasteiger partial charge in [-0.3, -0.25) is 9.89 Å². The van der Waals surface area contributed by atoms with Crippen molar-refractivity contribution in [1.29, 1.82) is 0 Å². The van der Waals surface area contributed by atoms with E-state index >= 15 is 0 Å². The molecule has 1 unspecified atom stereocenters. The average Bonchev–Trinajstić information content (AvgIpc) is 3.00. The number of nitrogens with one attached hydrogen (secondary N) is 3. The summed E-state index contributed by atoms with van der Waals surface area (Å²) in [5, 5.41) is 11.3. The Morgan fingerprint density at radius 3 is 2.82 bits per heavy atom. The first-order valence-corrected chi connectivity index (χ1v) is 7.48. The van der Waals surface area contributed by atoms with Crippen LogP contribution in [-0.2, 0) is 4.79 Å². The van der Waals surface area contributed by atoms with Crippen molar-refractivity contribution in [1.82, 2.24) is 15.2 Å². The van der Waals surface area contributed by atoms with Gasteiger partial charge >= 0.3 is 0 Å². The van der Waals surface area contributed by atoms with Gasteiger partial charge in [0.1, 0.15) is 0 Å². The molecule has 3 N–H and O–H groups in total. The number of anilines is 1. The summed E-state index contributed by atoms with van der Waals surface area (Å²) < 4.78 is 0. The van der Waals surface area contributed by atoms with E-state index in [-0.39, 0.29) is 11.8 Å². The van der Waals surface area contributed by atoms with E-state index in [1.807, 2.05) is 6.92 Å². The van der Waals surface area contributed by atoms with Gasteiger partial charge in [0.25, 0.3) is 0 Å². The van der Waals surface area contributed by atoms with Crippen molar-refractivity contribution in [2.45, 2.75) is 33.1 Å². The van der Waals surface area contributed by atoms with Gasteiger partial charge in [0.2, 0.25) is 5.91 Å². The van der Waals surface area contributed by atoms with Crippen LogP contribution >= 0.6 is 0 Å². The maximum atomic E-state index is 12.1. The SMILES string of the molecule is Cc1[nH]nc2c1C(c1cccc3c(C)c(C)[nH]c13)CC(=O)N2. The third-order valence-corrected chi connectivity index (χ3v) is 4.74. The molecular formula is C17H18N4O. The third kappa shape index (κ3) is 1.71. The zero-order chi connectivity index (χ0) is 15.4. The van der Waals surface area contributed by atoms with Crippen LogP contribution in [0.4, 0.5) is 5.82 Å². The van der Waals surface area contributed by atoms with E-state index in [1.165, 1.54) is 16.6 Å². The van der Waals surface area contributed by atoms with Crippen molar-refractivity contribution in [2.75, 3.05) is 5.32 Å². The highest BCUT2D eigenvalue weighted by atomic mass is 16.1. The van der Waals surface area contributed by atoms with Crippen LogP contribution in [0.25, 0.3) is 10.9 Å². The number of hydrogen-bond donors (Lipinski definition) is 3. The Labute approximate surface area is 128 Å². The lowest BCUT2D eigenvalue weighted by Gasteiger charge is -2.23. The van der Waals surface area contributed by atoms with Crippen LogP contribution in [0.1, 0.15) is 40.4 Å². The predicted octanol–water partition coefficient (Wildman–Crippen LogP) is 3.29. The van der Waals surface area contributed by atoms with Gasteiger partial charge in [-0.25, -0.2) is 0 Å². The first kappa shape index (κ1) is 13.1. The number of aryl methyl sites for hydroxylation is 3. The van der Waals surface area contributed by atoms with Gasteiger partial charge in [-0.15, -0.1) is 0 Å². The average molecular weight is 294 g/mol. The second-order valence-electron chi connectivity index (χ2n) is 6.06. The first-order chi connectivity index (χ1) is 10.6. The number of aromatic amines is 2. The molecule has 2 aromatic heterocycles. The van der Waals surface area contributed by atoms with Gasteiger partial charge in [-0.05, 0) is 31.9 Å². The summed E-state index contributed by atoms with van der Waals surface area (Å²) in [5.74, 6) is 0.709.